The van der Waals surface area contributed by atoms with Crippen LogP contribution in [0.25, 0.3) is 0 Å². The third-order valence-corrected chi connectivity index (χ3v) is 3.92. The van der Waals surface area contributed by atoms with Crippen molar-refractivity contribution in [3.05, 3.63) is 34.6 Å². The number of halogens is 2. The molecule has 1 heterocycles. The molecule has 3 unspecified atom stereocenters. The summed E-state index contributed by atoms with van der Waals surface area (Å²) in [5.41, 5.74) is 0.262. The Kier molecular flexibility index (Phi) is 5.61. The Morgan fingerprint density at radius 1 is 1.59 bits per heavy atom. The van der Waals surface area contributed by atoms with Crippen molar-refractivity contribution >= 4 is 17.6 Å². The summed E-state index contributed by atoms with van der Waals surface area (Å²) in [5, 5.41) is 12.2. The number of rotatable bonds is 3. The van der Waals surface area contributed by atoms with Crippen LogP contribution in [0.15, 0.2) is 18.2 Å². The number of carbonyl (C=O) groups is 1. The Labute approximate surface area is 134 Å². The zero-order valence-corrected chi connectivity index (χ0v) is 13.3. The minimum absolute atomic E-state index is 0.150. The van der Waals surface area contributed by atoms with Gasteiger partial charge in [-0.3, -0.25) is 0 Å². The van der Waals surface area contributed by atoms with Crippen molar-refractivity contribution in [3.8, 4) is 0 Å². The largest absolute Gasteiger partial charge is 0.394 e. The highest BCUT2D eigenvalue weighted by Crippen LogP contribution is 2.25. The number of ether oxygens (including phenoxy) is 1. The number of benzene rings is 1. The summed E-state index contributed by atoms with van der Waals surface area (Å²) in [4.78, 5) is 13.9. The molecule has 0 radical (unpaired) electrons. The number of aliphatic hydroxyl groups is 1. The number of hydrogen-bond acceptors (Lipinski definition) is 3. The summed E-state index contributed by atoms with van der Waals surface area (Å²) in [5.74, 6) is -0.455. The highest BCUT2D eigenvalue weighted by molar-refractivity contribution is 6.31. The Hall–Kier alpha value is -1.37. The fourth-order valence-electron chi connectivity index (χ4n) is 2.58. The van der Waals surface area contributed by atoms with Crippen molar-refractivity contribution in [2.75, 3.05) is 19.7 Å². The first-order chi connectivity index (χ1) is 10.4. The Morgan fingerprint density at radius 3 is 2.95 bits per heavy atom. The van der Waals surface area contributed by atoms with Crippen molar-refractivity contribution in [1.82, 2.24) is 10.2 Å². The van der Waals surface area contributed by atoms with E-state index < -0.39 is 18.0 Å². The van der Waals surface area contributed by atoms with Crippen molar-refractivity contribution in [3.63, 3.8) is 0 Å². The Balaban J connectivity index is 2.05. The van der Waals surface area contributed by atoms with E-state index in [1.54, 1.807) is 17.9 Å². The molecule has 0 bridgehead atoms. The van der Waals surface area contributed by atoms with Gasteiger partial charge in [0.15, 0.2) is 0 Å². The quantitative estimate of drug-likeness (QED) is 0.894. The van der Waals surface area contributed by atoms with Crippen LogP contribution in [0.5, 0.6) is 0 Å². The van der Waals surface area contributed by atoms with Gasteiger partial charge in [-0.05, 0) is 26.0 Å². The number of hydrogen-bond donors (Lipinski definition) is 2. The zero-order valence-electron chi connectivity index (χ0n) is 12.6. The number of aliphatic hydroxyl groups excluding tert-OH is 1. The summed E-state index contributed by atoms with van der Waals surface area (Å²) < 4.78 is 19.4. The van der Waals surface area contributed by atoms with E-state index in [1.165, 1.54) is 12.1 Å². The van der Waals surface area contributed by atoms with Gasteiger partial charge in [0.2, 0.25) is 0 Å². The van der Waals surface area contributed by atoms with Crippen LogP contribution in [-0.4, -0.2) is 47.9 Å². The molecule has 1 aromatic carbocycles. The average Bonchev–Trinajstić information content (AvgIpc) is 2.46. The summed E-state index contributed by atoms with van der Waals surface area (Å²) in [6, 6.07) is 3.52. The maximum atomic E-state index is 13.9. The van der Waals surface area contributed by atoms with Crippen LogP contribution < -0.4 is 5.32 Å². The third kappa shape index (κ3) is 3.88. The molecule has 1 fully saturated rings. The summed E-state index contributed by atoms with van der Waals surface area (Å²) >= 11 is 6.00. The van der Waals surface area contributed by atoms with Crippen molar-refractivity contribution in [2.24, 2.45) is 0 Å². The maximum absolute atomic E-state index is 13.9. The van der Waals surface area contributed by atoms with Crippen LogP contribution in [0.3, 0.4) is 0 Å². The molecule has 0 aliphatic carbocycles. The first kappa shape index (κ1) is 17.0. The second kappa shape index (κ2) is 7.26. The molecule has 1 aromatic rings. The van der Waals surface area contributed by atoms with E-state index in [2.05, 4.69) is 5.32 Å². The SMILES string of the molecule is CC1CN(C(=O)NC(C)c2c(F)cccc2Cl)CC(CO)O1. The van der Waals surface area contributed by atoms with Crippen LogP contribution >= 0.6 is 11.6 Å². The summed E-state index contributed by atoms with van der Waals surface area (Å²) in [6.45, 7) is 4.07. The molecule has 122 valence electrons. The molecule has 2 rings (SSSR count). The number of nitrogens with one attached hydrogen (secondary N) is 1. The highest BCUT2D eigenvalue weighted by Gasteiger charge is 2.29. The molecule has 1 aliphatic heterocycles. The van der Waals surface area contributed by atoms with Gasteiger partial charge in [0.05, 0.1) is 31.4 Å². The topological polar surface area (TPSA) is 61.8 Å². The van der Waals surface area contributed by atoms with Gasteiger partial charge in [0.1, 0.15) is 5.82 Å². The molecule has 1 aliphatic rings. The molecular formula is C15H20ClFN2O3. The molecule has 22 heavy (non-hydrogen) atoms. The number of amides is 2. The van der Waals surface area contributed by atoms with Gasteiger partial charge in [-0.25, -0.2) is 9.18 Å². The third-order valence-electron chi connectivity index (χ3n) is 3.59. The van der Waals surface area contributed by atoms with Crippen molar-refractivity contribution < 1.29 is 19.0 Å². The van der Waals surface area contributed by atoms with Gasteiger partial charge in [-0.1, -0.05) is 17.7 Å². The lowest BCUT2D eigenvalue weighted by molar-refractivity contribution is -0.0835. The van der Waals surface area contributed by atoms with E-state index in [4.69, 9.17) is 16.3 Å². The van der Waals surface area contributed by atoms with Gasteiger partial charge in [0, 0.05) is 17.1 Å². The molecule has 5 nitrogen and oxygen atoms in total. The van der Waals surface area contributed by atoms with Crippen LogP contribution in [-0.2, 0) is 4.74 Å². The van der Waals surface area contributed by atoms with Crippen LogP contribution in [0.4, 0.5) is 9.18 Å². The maximum Gasteiger partial charge on any atom is 0.318 e. The lowest BCUT2D eigenvalue weighted by Gasteiger charge is -2.36. The fourth-order valence-corrected chi connectivity index (χ4v) is 2.91. The molecule has 7 heteroatoms. The van der Waals surface area contributed by atoms with Gasteiger partial charge >= 0.3 is 6.03 Å². The molecule has 1 saturated heterocycles. The normalized spacial score (nSPS) is 23.2. The molecular weight excluding hydrogens is 311 g/mol. The summed E-state index contributed by atoms with van der Waals surface area (Å²) in [7, 11) is 0. The lowest BCUT2D eigenvalue weighted by atomic mass is 10.1. The zero-order chi connectivity index (χ0) is 16.3. The molecule has 0 saturated carbocycles. The first-order valence-electron chi connectivity index (χ1n) is 7.18. The van der Waals surface area contributed by atoms with Gasteiger partial charge < -0.3 is 20.1 Å². The smallest absolute Gasteiger partial charge is 0.318 e. The summed E-state index contributed by atoms with van der Waals surface area (Å²) in [6.07, 6.45) is -0.564. The lowest BCUT2D eigenvalue weighted by Crippen LogP contribution is -2.53. The van der Waals surface area contributed by atoms with Gasteiger partial charge in [-0.2, -0.15) is 0 Å². The standard InChI is InChI=1S/C15H20ClFN2O3/c1-9-6-19(7-11(8-20)22-9)15(21)18-10(2)14-12(16)4-3-5-13(14)17/h3-5,9-11,20H,6-8H2,1-2H3,(H,18,21). The van der Waals surface area contributed by atoms with E-state index in [-0.39, 0.29) is 29.3 Å². The van der Waals surface area contributed by atoms with E-state index in [0.717, 1.165) is 0 Å². The van der Waals surface area contributed by atoms with E-state index in [0.29, 0.717) is 13.1 Å². The van der Waals surface area contributed by atoms with Crippen molar-refractivity contribution in [2.45, 2.75) is 32.1 Å². The monoisotopic (exact) mass is 330 g/mol. The first-order valence-corrected chi connectivity index (χ1v) is 7.55. The van der Waals surface area contributed by atoms with Crippen LogP contribution in [0.1, 0.15) is 25.5 Å². The Morgan fingerprint density at radius 2 is 2.32 bits per heavy atom. The number of urea groups is 1. The van der Waals surface area contributed by atoms with Crippen molar-refractivity contribution in [1.29, 1.82) is 0 Å². The van der Waals surface area contributed by atoms with E-state index in [9.17, 15) is 14.3 Å². The van der Waals surface area contributed by atoms with Gasteiger partial charge in [0.25, 0.3) is 0 Å². The minimum Gasteiger partial charge on any atom is -0.394 e. The number of carbonyl (C=O) groups excluding carboxylic acids is 1. The molecule has 2 amide bonds. The number of nitrogens with zero attached hydrogens (tertiary/aromatic N) is 1. The van der Waals surface area contributed by atoms with Crippen LogP contribution in [0.2, 0.25) is 5.02 Å². The molecule has 0 aromatic heterocycles. The predicted octanol–water partition coefficient (Wildman–Crippen LogP) is 2.33. The van der Waals surface area contributed by atoms with Gasteiger partial charge in [-0.15, -0.1) is 0 Å². The van der Waals surface area contributed by atoms with E-state index >= 15 is 0 Å². The fraction of sp³-hybridized carbons (Fsp3) is 0.533. The number of morpholine rings is 1. The Bertz CT molecular complexity index is 523. The highest BCUT2D eigenvalue weighted by atomic mass is 35.5. The molecule has 3 atom stereocenters. The predicted molar refractivity (Wildman–Crippen MR) is 81.4 cm³/mol. The molecule has 0 spiro atoms. The second-order valence-corrected chi connectivity index (χ2v) is 5.87. The van der Waals surface area contributed by atoms with E-state index in [1.807, 2.05) is 6.92 Å². The average molecular weight is 331 g/mol. The second-order valence-electron chi connectivity index (χ2n) is 5.46. The minimum atomic E-state index is -0.563. The molecule has 2 N–H and O–H groups in total. The van der Waals surface area contributed by atoms with Crippen LogP contribution in [0, 0.1) is 5.82 Å².